The predicted molar refractivity (Wildman–Crippen MR) is 71.7 cm³/mol. The Kier molecular flexibility index (Phi) is 5.54. The van der Waals surface area contributed by atoms with Crippen LogP contribution in [0.5, 0.6) is 0 Å². The molecule has 90 valence electrons. The van der Waals surface area contributed by atoms with Gasteiger partial charge in [-0.3, -0.25) is 0 Å². The van der Waals surface area contributed by atoms with E-state index in [1.807, 2.05) is 0 Å². The molecule has 0 saturated heterocycles. The molecule has 0 aliphatic rings. The molecule has 0 bridgehead atoms. The van der Waals surface area contributed by atoms with Gasteiger partial charge in [-0.25, -0.2) is 0 Å². The van der Waals surface area contributed by atoms with E-state index in [2.05, 4.69) is 57.4 Å². The molecular formula is C15H25N. The van der Waals surface area contributed by atoms with Crippen molar-refractivity contribution in [1.29, 1.82) is 0 Å². The van der Waals surface area contributed by atoms with Crippen LogP contribution in [0, 0.1) is 5.92 Å². The normalized spacial score (nSPS) is 14.8. The first-order valence-electron chi connectivity index (χ1n) is 6.49. The Labute approximate surface area is 100 Å². The molecule has 0 saturated carbocycles. The van der Waals surface area contributed by atoms with Gasteiger partial charge in [-0.05, 0) is 30.5 Å². The molecule has 2 atom stereocenters. The summed E-state index contributed by atoms with van der Waals surface area (Å²) in [5.41, 5.74) is 2.86. The summed E-state index contributed by atoms with van der Waals surface area (Å²) in [5, 5.41) is 3.42. The van der Waals surface area contributed by atoms with Crippen molar-refractivity contribution in [2.45, 2.75) is 46.1 Å². The maximum absolute atomic E-state index is 3.42. The van der Waals surface area contributed by atoms with Gasteiger partial charge in [0.25, 0.3) is 0 Å². The zero-order valence-electron chi connectivity index (χ0n) is 11.1. The number of nitrogens with one attached hydrogen (secondary N) is 1. The molecule has 0 aromatic heterocycles. The number of hydrogen-bond donors (Lipinski definition) is 1. The maximum Gasteiger partial charge on any atom is 0.0343 e. The van der Waals surface area contributed by atoms with E-state index in [1.54, 1.807) is 0 Å². The summed E-state index contributed by atoms with van der Waals surface area (Å²) < 4.78 is 0. The second kappa shape index (κ2) is 6.70. The molecule has 1 N–H and O–H groups in total. The van der Waals surface area contributed by atoms with Gasteiger partial charge in [0.05, 0.1) is 0 Å². The second-order valence-corrected chi connectivity index (χ2v) is 4.64. The number of hydrogen-bond acceptors (Lipinski definition) is 1. The summed E-state index contributed by atoms with van der Waals surface area (Å²) in [6.07, 6.45) is 3.62. The number of aryl methyl sites for hydroxylation is 1. The molecule has 1 rings (SSSR count). The minimum Gasteiger partial charge on any atom is -0.313 e. The fourth-order valence-corrected chi connectivity index (χ4v) is 2.20. The Bertz CT molecular complexity index is 289. The highest BCUT2D eigenvalue weighted by Gasteiger charge is 2.15. The number of rotatable bonds is 6. The molecular weight excluding hydrogens is 194 g/mol. The molecule has 0 radical (unpaired) electrons. The Balaban J connectivity index is 2.78. The lowest BCUT2D eigenvalue weighted by Crippen LogP contribution is -2.23. The molecule has 1 aromatic carbocycles. The van der Waals surface area contributed by atoms with Gasteiger partial charge in [-0.2, -0.15) is 0 Å². The molecule has 1 nitrogen and oxygen atoms in total. The Morgan fingerprint density at radius 1 is 1.12 bits per heavy atom. The van der Waals surface area contributed by atoms with Crippen LogP contribution >= 0.6 is 0 Å². The Morgan fingerprint density at radius 3 is 2.19 bits per heavy atom. The average Bonchev–Trinajstić information content (AvgIpc) is 2.32. The maximum atomic E-state index is 3.42. The zero-order valence-corrected chi connectivity index (χ0v) is 11.1. The summed E-state index contributed by atoms with van der Waals surface area (Å²) in [5.74, 6) is 0.682. The molecule has 0 spiro atoms. The molecule has 0 amide bonds. The van der Waals surface area contributed by atoms with Crippen LogP contribution in [0.15, 0.2) is 24.3 Å². The highest BCUT2D eigenvalue weighted by atomic mass is 14.9. The summed E-state index contributed by atoms with van der Waals surface area (Å²) in [6, 6.07) is 9.58. The average molecular weight is 219 g/mol. The second-order valence-electron chi connectivity index (χ2n) is 4.64. The van der Waals surface area contributed by atoms with Gasteiger partial charge in [-0.1, -0.05) is 57.9 Å². The van der Waals surface area contributed by atoms with Crippen LogP contribution in [0.1, 0.15) is 50.8 Å². The molecule has 2 unspecified atom stereocenters. The third-order valence-electron chi connectivity index (χ3n) is 3.40. The standard InChI is InChI=1S/C15H25N/c1-5-7-13-8-10-14(11-9-13)15(16-4)12(3)6-2/h8-12,15-16H,5-7H2,1-4H3. The van der Waals surface area contributed by atoms with Crippen molar-refractivity contribution in [3.8, 4) is 0 Å². The third-order valence-corrected chi connectivity index (χ3v) is 3.40. The summed E-state index contributed by atoms with van der Waals surface area (Å²) in [4.78, 5) is 0. The molecule has 1 heteroatoms. The van der Waals surface area contributed by atoms with Gasteiger partial charge < -0.3 is 5.32 Å². The van der Waals surface area contributed by atoms with Crippen molar-refractivity contribution in [1.82, 2.24) is 5.32 Å². The van der Waals surface area contributed by atoms with E-state index in [0.29, 0.717) is 12.0 Å². The van der Waals surface area contributed by atoms with E-state index < -0.39 is 0 Å². The quantitative estimate of drug-likeness (QED) is 0.764. The van der Waals surface area contributed by atoms with Crippen molar-refractivity contribution >= 4 is 0 Å². The lowest BCUT2D eigenvalue weighted by Gasteiger charge is -2.23. The predicted octanol–water partition coefficient (Wildman–Crippen LogP) is 3.95. The highest BCUT2D eigenvalue weighted by molar-refractivity contribution is 5.25. The van der Waals surface area contributed by atoms with Gasteiger partial charge in [0, 0.05) is 6.04 Å². The minimum atomic E-state index is 0.487. The topological polar surface area (TPSA) is 12.0 Å². The molecule has 0 heterocycles. The monoisotopic (exact) mass is 219 g/mol. The first-order valence-corrected chi connectivity index (χ1v) is 6.49. The fraction of sp³-hybridized carbons (Fsp3) is 0.600. The van der Waals surface area contributed by atoms with Crippen LogP contribution in [0.4, 0.5) is 0 Å². The van der Waals surface area contributed by atoms with Crippen LogP contribution in [-0.4, -0.2) is 7.05 Å². The summed E-state index contributed by atoms with van der Waals surface area (Å²) in [6.45, 7) is 6.78. The van der Waals surface area contributed by atoms with Crippen LogP contribution < -0.4 is 5.32 Å². The molecule has 16 heavy (non-hydrogen) atoms. The van der Waals surface area contributed by atoms with E-state index in [-0.39, 0.29) is 0 Å². The van der Waals surface area contributed by atoms with Crippen LogP contribution in [0.2, 0.25) is 0 Å². The van der Waals surface area contributed by atoms with Crippen LogP contribution in [0.25, 0.3) is 0 Å². The van der Waals surface area contributed by atoms with Crippen molar-refractivity contribution in [2.24, 2.45) is 5.92 Å². The van der Waals surface area contributed by atoms with Crippen LogP contribution in [-0.2, 0) is 6.42 Å². The van der Waals surface area contributed by atoms with Gasteiger partial charge in [-0.15, -0.1) is 0 Å². The molecule has 0 fully saturated rings. The fourth-order valence-electron chi connectivity index (χ4n) is 2.20. The van der Waals surface area contributed by atoms with Gasteiger partial charge >= 0.3 is 0 Å². The zero-order chi connectivity index (χ0) is 12.0. The molecule has 0 aliphatic carbocycles. The smallest absolute Gasteiger partial charge is 0.0343 e. The largest absolute Gasteiger partial charge is 0.313 e. The van der Waals surface area contributed by atoms with E-state index in [4.69, 9.17) is 0 Å². The Morgan fingerprint density at radius 2 is 1.75 bits per heavy atom. The van der Waals surface area contributed by atoms with Gasteiger partial charge in [0.1, 0.15) is 0 Å². The van der Waals surface area contributed by atoms with E-state index in [1.165, 1.54) is 30.4 Å². The Hall–Kier alpha value is -0.820. The number of benzene rings is 1. The van der Waals surface area contributed by atoms with E-state index in [9.17, 15) is 0 Å². The lowest BCUT2D eigenvalue weighted by molar-refractivity contribution is 0.400. The van der Waals surface area contributed by atoms with Crippen molar-refractivity contribution in [2.75, 3.05) is 7.05 Å². The van der Waals surface area contributed by atoms with Crippen molar-refractivity contribution in [3.63, 3.8) is 0 Å². The van der Waals surface area contributed by atoms with Crippen LogP contribution in [0.3, 0.4) is 0 Å². The van der Waals surface area contributed by atoms with Crippen molar-refractivity contribution < 1.29 is 0 Å². The van der Waals surface area contributed by atoms with E-state index >= 15 is 0 Å². The first kappa shape index (κ1) is 13.2. The van der Waals surface area contributed by atoms with Gasteiger partial charge in [0.15, 0.2) is 0 Å². The molecule has 0 aliphatic heterocycles. The molecule has 1 aromatic rings. The first-order chi connectivity index (χ1) is 7.72. The van der Waals surface area contributed by atoms with Gasteiger partial charge in [0.2, 0.25) is 0 Å². The van der Waals surface area contributed by atoms with Crippen molar-refractivity contribution in [3.05, 3.63) is 35.4 Å². The SMILES string of the molecule is CCCc1ccc(C(NC)C(C)CC)cc1. The highest BCUT2D eigenvalue weighted by Crippen LogP contribution is 2.24. The third kappa shape index (κ3) is 3.34. The van der Waals surface area contributed by atoms with E-state index in [0.717, 1.165) is 0 Å². The lowest BCUT2D eigenvalue weighted by atomic mass is 9.92. The summed E-state index contributed by atoms with van der Waals surface area (Å²) in [7, 11) is 2.05. The summed E-state index contributed by atoms with van der Waals surface area (Å²) >= 11 is 0. The minimum absolute atomic E-state index is 0.487.